The van der Waals surface area contributed by atoms with E-state index in [4.69, 9.17) is 9.47 Å². The summed E-state index contributed by atoms with van der Waals surface area (Å²) < 4.78 is 11.2. The van der Waals surface area contributed by atoms with Crippen LogP contribution in [-0.4, -0.2) is 47.7 Å². The summed E-state index contributed by atoms with van der Waals surface area (Å²) in [6.07, 6.45) is 3.65. The fourth-order valence-electron chi connectivity index (χ4n) is 3.35. The van der Waals surface area contributed by atoms with Gasteiger partial charge in [0.1, 0.15) is 5.75 Å². The third-order valence-corrected chi connectivity index (χ3v) is 4.21. The number of H-pyrrole nitrogens is 1. The number of rotatable bonds is 3. The van der Waals surface area contributed by atoms with E-state index in [0.717, 1.165) is 16.9 Å². The minimum atomic E-state index is -0.334. The lowest BCUT2D eigenvalue weighted by molar-refractivity contribution is -0.118. The van der Waals surface area contributed by atoms with Crippen LogP contribution < -0.4 is 4.74 Å². The van der Waals surface area contributed by atoms with Gasteiger partial charge in [-0.1, -0.05) is 12.1 Å². The Labute approximate surface area is 142 Å². The van der Waals surface area contributed by atoms with Gasteiger partial charge in [-0.25, -0.2) is 0 Å². The molecule has 5 nitrogen and oxygen atoms in total. The molecule has 0 spiro atoms. The van der Waals surface area contributed by atoms with Gasteiger partial charge in [0.25, 0.3) is 5.91 Å². The number of aromatic nitrogens is 1. The maximum absolute atomic E-state index is 13.1. The average molecular weight is 328 g/mol. The average Bonchev–Trinajstić information content (AvgIpc) is 3.01. The largest absolute Gasteiger partial charge is 0.497 e. The summed E-state index contributed by atoms with van der Waals surface area (Å²) in [6.45, 7) is 7.22. The van der Waals surface area contributed by atoms with Crippen molar-refractivity contribution in [2.45, 2.75) is 32.5 Å². The highest BCUT2D eigenvalue weighted by Gasteiger charge is 2.34. The van der Waals surface area contributed by atoms with Crippen molar-refractivity contribution in [3.63, 3.8) is 0 Å². The molecule has 0 saturated carbocycles. The number of carbonyl (C=O) groups excluding carboxylic acids is 1. The molecule has 2 aromatic rings. The van der Waals surface area contributed by atoms with E-state index in [2.05, 4.69) is 4.98 Å². The van der Waals surface area contributed by atoms with E-state index in [9.17, 15) is 4.79 Å². The van der Waals surface area contributed by atoms with Gasteiger partial charge in [-0.3, -0.25) is 4.79 Å². The van der Waals surface area contributed by atoms with E-state index in [1.54, 1.807) is 13.3 Å². The number of morpholine rings is 1. The zero-order valence-corrected chi connectivity index (χ0v) is 14.6. The monoisotopic (exact) mass is 328 g/mol. The molecule has 1 N–H and O–H groups in total. The molecule has 128 valence electrons. The number of methoxy groups -OCH3 is 1. The number of carbonyl (C=O) groups is 1. The van der Waals surface area contributed by atoms with Crippen molar-refractivity contribution >= 4 is 5.91 Å². The van der Waals surface area contributed by atoms with Crippen molar-refractivity contribution in [3.05, 3.63) is 42.2 Å². The molecule has 1 aliphatic heterocycles. The summed E-state index contributed by atoms with van der Waals surface area (Å²) in [5.74, 6) is 0.797. The maximum Gasteiger partial charge on any atom is 0.256 e. The van der Waals surface area contributed by atoms with Crippen LogP contribution in [0.15, 0.2) is 36.7 Å². The highest BCUT2D eigenvalue weighted by atomic mass is 16.5. The standard InChI is InChI=1S/C19H24N2O3/c1-13-11-21(12-19(2,3)24-13)18(22)17-10-20-9-16(17)14-6-5-7-15(8-14)23-4/h5-10,13,20H,11-12H2,1-4H3/t13-/m1/s1. The first-order chi connectivity index (χ1) is 11.4. The highest BCUT2D eigenvalue weighted by Crippen LogP contribution is 2.29. The normalized spacial score (nSPS) is 20.0. The first-order valence-corrected chi connectivity index (χ1v) is 8.18. The van der Waals surface area contributed by atoms with Crippen molar-refractivity contribution in [3.8, 4) is 16.9 Å². The Balaban J connectivity index is 1.90. The molecule has 0 bridgehead atoms. The Morgan fingerprint density at radius 2 is 2.17 bits per heavy atom. The van der Waals surface area contributed by atoms with Crippen molar-refractivity contribution in [2.75, 3.05) is 20.2 Å². The first kappa shape index (κ1) is 16.6. The predicted octanol–water partition coefficient (Wildman–Crippen LogP) is 3.33. The molecule has 1 aromatic heterocycles. The number of amides is 1. The fraction of sp³-hybridized carbons (Fsp3) is 0.421. The van der Waals surface area contributed by atoms with E-state index in [1.807, 2.05) is 56.1 Å². The van der Waals surface area contributed by atoms with Gasteiger partial charge in [0, 0.05) is 31.0 Å². The van der Waals surface area contributed by atoms with Crippen molar-refractivity contribution in [1.82, 2.24) is 9.88 Å². The van der Waals surface area contributed by atoms with Gasteiger partial charge < -0.3 is 19.4 Å². The smallest absolute Gasteiger partial charge is 0.256 e. The van der Waals surface area contributed by atoms with Crippen LogP contribution in [0.2, 0.25) is 0 Å². The van der Waals surface area contributed by atoms with Gasteiger partial charge in [0.05, 0.1) is 24.4 Å². The number of hydrogen-bond donors (Lipinski definition) is 1. The van der Waals surface area contributed by atoms with Gasteiger partial charge in [-0.15, -0.1) is 0 Å². The third-order valence-electron chi connectivity index (χ3n) is 4.21. The van der Waals surface area contributed by atoms with E-state index >= 15 is 0 Å². The lowest BCUT2D eigenvalue weighted by atomic mass is 10.0. The summed E-state index contributed by atoms with van der Waals surface area (Å²) in [5, 5.41) is 0. The Bertz CT molecular complexity index is 736. The molecule has 1 atom stereocenters. The van der Waals surface area contributed by atoms with Gasteiger partial charge in [0.2, 0.25) is 0 Å². The van der Waals surface area contributed by atoms with Crippen molar-refractivity contribution < 1.29 is 14.3 Å². The summed E-state index contributed by atoms with van der Waals surface area (Å²) in [4.78, 5) is 18.0. The lowest BCUT2D eigenvalue weighted by Gasteiger charge is -2.41. The number of nitrogens with one attached hydrogen (secondary N) is 1. The second-order valence-corrected chi connectivity index (χ2v) is 6.89. The number of nitrogens with zero attached hydrogens (tertiary/aromatic N) is 1. The molecule has 0 unspecified atom stereocenters. The minimum absolute atomic E-state index is 0.0249. The molecule has 2 heterocycles. The molecule has 3 rings (SSSR count). The van der Waals surface area contributed by atoms with E-state index in [0.29, 0.717) is 18.7 Å². The van der Waals surface area contributed by atoms with E-state index in [-0.39, 0.29) is 17.6 Å². The molecular weight excluding hydrogens is 304 g/mol. The molecule has 1 aromatic carbocycles. The third kappa shape index (κ3) is 3.31. The molecule has 0 radical (unpaired) electrons. The lowest BCUT2D eigenvalue weighted by Crippen LogP contribution is -2.53. The van der Waals surface area contributed by atoms with Crippen molar-refractivity contribution in [1.29, 1.82) is 0 Å². The van der Waals surface area contributed by atoms with Crippen LogP contribution in [0, 0.1) is 0 Å². The molecule has 24 heavy (non-hydrogen) atoms. The van der Waals surface area contributed by atoms with E-state index in [1.165, 1.54) is 0 Å². The van der Waals surface area contributed by atoms with E-state index < -0.39 is 0 Å². The molecule has 1 fully saturated rings. The zero-order chi connectivity index (χ0) is 17.3. The summed E-state index contributed by atoms with van der Waals surface area (Å²) in [7, 11) is 1.64. The Morgan fingerprint density at radius 3 is 2.88 bits per heavy atom. The summed E-state index contributed by atoms with van der Waals surface area (Å²) in [6, 6.07) is 7.74. The quantitative estimate of drug-likeness (QED) is 0.940. The topological polar surface area (TPSA) is 54.6 Å². The molecule has 1 aliphatic rings. The number of aromatic amines is 1. The fourth-order valence-corrected chi connectivity index (χ4v) is 3.35. The summed E-state index contributed by atoms with van der Waals surface area (Å²) in [5.41, 5.74) is 2.18. The first-order valence-electron chi connectivity index (χ1n) is 8.18. The SMILES string of the molecule is COc1cccc(-c2c[nH]cc2C(=O)N2C[C@@H](C)OC(C)(C)C2)c1. The van der Waals surface area contributed by atoms with Crippen LogP contribution in [0.25, 0.3) is 11.1 Å². The van der Waals surface area contributed by atoms with Crippen LogP contribution >= 0.6 is 0 Å². The Hall–Kier alpha value is -2.27. The van der Waals surface area contributed by atoms with Crippen LogP contribution in [0.4, 0.5) is 0 Å². The van der Waals surface area contributed by atoms with Gasteiger partial charge in [0.15, 0.2) is 0 Å². The Morgan fingerprint density at radius 1 is 1.38 bits per heavy atom. The maximum atomic E-state index is 13.1. The molecule has 5 heteroatoms. The van der Waals surface area contributed by atoms with Gasteiger partial charge >= 0.3 is 0 Å². The molecular formula is C19H24N2O3. The second kappa shape index (κ2) is 6.32. The van der Waals surface area contributed by atoms with Crippen LogP contribution in [0.5, 0.6) is 5.75 Å². The van der Waals surface area contributed by atoms with Crippen LogP contribution in [0.3, 0.4) is 0 Å². The zero-order valence-electron chi connectivity index (χ0n) is 14.6. The highest BCUT2D eigenvalue weighted by molar-refractivity contribution is 6.01. The van der Waals surface area contributed by atoms with Gasteiger partial charge in [-0.05, 0) is 38.5 Å². The Kier molecular flexibility index (Phi) is 4.37. The molecule has 1 saturated heterocycles. The number of ether oxygens (including phenoxy) is 2. The van der Waals surface area contributed by atoms with Crippen LogP contribution in [-0.2, 0) is 4.74 Å². The second-order valence-electron chi connectivity index (χ2n) is 6.89. The van der Waals surface area contributed by atoms with Crippen LogP contribution in [0.1, 0.15) is 31.1 Å². The number of hydrogen-bond acceptors (Lipinski definition) is 3. The van der Waals surface area contributed by atoms with Crippen molar-refractivity contribution in [2.24, 2.45) is 0 Å². The predicted molar refractivity (Wildman–Crippen MR) is 93.3 cm³/mol. The molecule has 0 aliphatic carbocycles. The van der Waals surface area contributed by atoms with Gasteiger partial charge in [-0.2, -0.15) is 0 Å². The summed E-state index contributed by atoms with van der Waals surface area (Å²) >= 11 is 0. The minimum Gasteiger partial charge on any atom is -0.497 e. The number of benzene rings is 1. The molecule has 1 amide bonds.